The highest BCUT2D eigenvalue weighted by atomic mass is 32.1. The normalized spacial score (nSPS) is 12.9. The van der Waals surface area contributed by atoms with Gasteiger partial charge in [-0.05, 0) is 31.5 Å². The van der Waals surface area contributed by atoms with Gasteiger partial charge in [0.1, 0.15) is 0 Å². The van der Waals surface area contributed by atoms with Crippen LogP contribution in [0.2, 0.25) is 0 Å². The molecule has 0 spiro atoms. The maximum atomic E-state index is 6.24. The quantitative estimate of drug-likeness (QED) is 0.905. The summed E-state index contributed by atoms with van der Waals surface area (Å²) in [4.78, 5) is 2.66. The van der Waals surface area contributed by atoms with Crippen molar-refractivity contribution < 1.29 is 0 Å². The number of nitrogens with zero attached hydrogens (tertiary/aromatic N) is 2. The molecule has 0 aliphatic rings. The van der Waals surface area contributed by atoms with Crippen LogP contribution in [-0.4, -0.2) is 9.78 Å². The third-order valence-electron chi connectivity index (χ3n) is 2.92. The van der Waals surface area contributed by atoms with E-state index >= 15 is 0 Å². The van der Waals surface area contributed by atoms with Gasteiger partial charge in [0.25, 0.3) is 0 Å². The molecule has 3 nitrogen and oxygen atoms in total. The second-order valence-corrected chi connectivity index (χ2v) is 5.57. The summed E-state index contributed by atoms with van der Waals surface area (Å²) in [6.45, 7) is 4.18. The third kappa shape index (κ3) is 2.76. The van der Waals surface area contributed by atoms with Gasteiger partial charge in [-0.15, -0.1) is 11.3 Å². The lowest BCUT2D eigenvalue weighted by Crippen LogP contribution is -2.14. The Labute approximate surface area is 106 Å². The molecule has 0 fully saturated rings. The lowest BCUT2D eigenvalue weighted by molar-refractivity contribution is 0.646. The van der Waals surface area contributed by atoms with E-state index in [0.717, 1.165) is 18.5 Å². The minimum atomic E-state index is 0.0788. The van der Waals surface area contributed by atoms with Gasteiger partial charge >= 0.3 is 0 Å². The number of thiophene rings is 1. The number of hydrogen-bond acceptors (Lipinski definition) is 3. The average Bonchev–Trinajstić information content (AvgIpc) is 2.86. The van der Waals surface area contributed by atoms with E-state index in [1.165, 1.54) is 15.4 Å². The lowest BCUT2D eigenvalue weighted by atomic mass is 10.1. The van der Waals surface area contributed by atoms with Crippen LogP contribution in [0.3, 0.4) is 0 Å². The van der Waals surface area contributed by atoms with E-state index in [1.54, 1.807) is 0 Å². The number of nitrogens with two attached hydrogens (primary N) is 1. The summed E-state index contributed by atoms with van der Waals surface area (Å²) in [5.41, 5.74) is 8.49. The molecule has 2 heterocycles. The number of hydrogen-bond donors (Lipinski definition) is 1. The molecular weight excluding hydrogens is 230 g/mol. The number of aryl methyl sites for hydroxylation is 3. The highest BCUT2D eigenvalue weighted by Gasteiger charge is 2.12. The molecule has 0 radical (unpaired) electrons. The second-order valence-electron chi connectivity index (χ2n) is 4.37. The molecule has 0 saturated carbocycles. The SMILES string of the molecule is CCc1ccc(C(N)Cc2cc(C)nn2C)s1. The molecule has 0 aliphatic carbocycles. The van der Waals surface area contributed by atoms with Crippen LogP contribution < -0.4 is 5.73 Å². The van der Waals surface area contributed by atoms with Gasteiger partial charge in [-0.3, -0.25) is 4.68 Å². The summed E-state index contributed by atoms with van der Waals surface area (Å²) in [6.07, 6.45) is 1.93. The fourth-order valence-electron chi connectivity index (χ4n) is 1.96. The Morgan fingerprint density at radius 1 is 1.47 bits per heavy atom. The van der Waals surface area contributed by atoms with Crippen LogP contribution in [0.4, 0.5) is 0 Å². The van der Waals surface area contributed by atoms with Gasteiger partial charge in [0.2, 0.25) is 0 Å². The molecule has 92 valence electrons. The van der Waals surface area contributed by atoms with Gasteiger partial charge in [0.05, 0.1) is 5.69 Å². The summed E-state index contributed by atoms with van der Waals surface area (Å²) >= 11 is 1.82. The summed E-state index contributed by atoms with van der Waals surface area (Å²) in [5.74, 6) is 0. The first-order chi connectivity index (χ1) is 8.10. The summed E-state index contributed by atoms with van der Waals surface area (Å²) in [5, 5.41) is 4.34. The van der Waals surface area contributed by atoms with Crippen LogP contribution in [0, 0.1) is 6.92 Å². The van der Waals surface area contributed by atoms with E-state index in [-0.39, 0.29) is 6.04 Å². The van der Waals surface area contributed by atoms with E-state index < -0.39 is 0 Å². The highest BCUT2D eigenvalue weighted by molar-refractivity contribution is 7.12. The molecule has 2 aromatic heterocycles. The molecule has 1 unspecified atom stereocenters. The lowest BCUT2D eigenvalue weighted by Gasteiger charge is -2.09. The zero-order valence-corrected chi connectivity index (χ0v) is 11.4. The van der Waals surface area contributed by atoms with E-state index in [1.807, 2.05) is 30.0 Å². The molecule has 0 aliphatic heterocycles. The smallest absolute Gasteiger partial charge is 0.0596 e. The Kier molecular flexibility index (Phi) is 3.64. The van der Waals surface area contributed by atoms with Crippen molar-refractivity contribution in [1.82, 2.24) is 9.78 Å². The Bertz CT molecular complexity index is 498. The molecule has 4 heteroatoms. The van der Waals surface area contributed by atoms with Crippen molar-refractivity contribution in [1.29, 1.82) is 0 Å². The van der Waals surface area contributed by atoms with Gasteiger partial charge < -0.3 is 5.73 Å². The van der Waals surface area contributed by atoms with Crippen molar-refractivity contribution in [3.05, 3.63) is 39.3 Å². The number of aromatic nitrogens is 2. The molecule has 2 rings (SSSR count). The first-order valence-corrected chi connectivity index (χ1v) is 6.75. The number of rotatable bonds is 4. The third-order valence-corrected chi connectivity index (χ3v) is 4.29. The fraction of sp³-hybridized carbons (Fsp3) is 0.462. The topological polar surface area (TPSA) is 43.8 Å². The van der Waals surface area contributed by atoms with Gasteiger partial charge in [0.15, 0.2) is 0 Å². The molecule has 0 bridgehead atoms. The minimum Gasteiger partial charge on any atom is -0.323 e. The molecule has 0 aromatic carbocycles. The first-order valence-electron chi connectivity index (χ1n) is 5.94. The average molecular weight is 249 g/mol. The van der Waals surface area contributed by atoms with Crippen molar-refractivity contribution in [2.75, 3.05) is 0 Å². The zero-order chi connectivity index (χ0) is 12.4. The van der Waals surface area contributed by atoms with Crippen molar-refractivity contribution >= 4 is 11.3 Å². The second kappa shape index (κ2) is 5.02. The summed E-state index contributed by atoms with van der Waals surface area (Å²) < 4.78 is 1.92. The van der Waals surface area contributed by atoms with Crippen LogP contribution in [0.25, 0.3) is 0 Å². The largest absolute Gasteiger partial charge is 0.323 e. The predicted octanol–water partition coefficient (Wildman–Crippen LogP) is 2.59. The van der Waals surface area contributed by atoms with Crippen LogP contribution in [0.1, 0.15) is 34.1 Å². The van der Waals surface area contributed by atoms with Crippen LogP contribution in [-0.2, 0) is 19.9 Å². The molecule has 17 heavy (non-hydrogen) atoms. The van der Waals surface area contributed by atoms with Crippen molar-refractivity contribution in [3.63, 3.8) is 0 Å². The molecule has 1 atom stereocenters. The van der Waals surface area contributed by atoms with Gasteiger partial charge in [-0.2, -0.15) is 5.10 Å². The molecule has 0 amide bonds. The van der Waals surface area contributed by atoms with Crippen molar-refractivity contribution in [2.24, 2.45) is 12.8 Å². The van der Waals surface area contributed by atoms with E-state index in [2.05, 4.69) is 30.2 Å². The van der Waals surface area contributed by atoms with E-state index in [0.29, 0.717) is 0 Å². The van der Waals surface area contributed by atoms with E-state index in [9.17, 15) is 0 Å². The minimum absolute atomic E-state index is 0.0788. The monoisotopic (exact) mass is 249 g/mol. The van der Waals surface area contributed by atoms with Crippen LogP contribution >= 0.6 is 11.3 Å². The molecule has 2 N–H and O–H groups in total. The predicted molar refractivity (Wildman–Crippen MR) is 72.3 cm³/mol. The summed E-state index contributed by atoms with van der Waals surface area (Å²) in [6, 6.07) is 6.51. The molecular formula is C13H19N3S. The molecule has 0 saturated heterocycles. The molecule has 2 aromatic rings. The van der Waals surface area contributed by atoms with Crippen molar-refractivity contribution in [2.45, 2.75) is 32.7 Å². The van der Waals surface area contributed by atoms with Gasteiger partial charge in [0, 0.05) is 35.0 Å². The Morgan fingerprint density at radius 2 is 2.24 bits per heavy atom. The Morgan fingerprint density at radius 3 is 2.76 bits per heavy atom. The van der Waals surface area contributed by atoms with Gasteiger partial charge in [-0.1, -0.05) is 6.92 Å². The standard InChI is InChI=1S/C13H19N3S/c1-4-11-5-6-13(17-11)12(14)8-10-7-9(2)15-16(10)3/h5-7,12H,4,8,14H2,1-3H3. The maximum Gasteiger partial charge on any atom is 0.0596 e. The maximum absolute atomic E-state index is 6.24. The van der Waals surface area contributed by atoms with Crippen LogP contribution in [0.15, 0.2) is 18.2 Å². The highest BCUT2D eigenvalue weighted by Crippen LogP contribution is 2.24. The Balaban J connectivity index is 2.10. The van der Waals surface area contributed by atoms with Crippen molar-refractivity contribution in [3.8, 4) is 0 Å². The van der Waals surface area contributed by atoms with E-state index in [4.69, 9.17) is 5.73 Å². The van der Waals surface area contributed by atoms with Gasteiger partial charge in [-0.25, -0.2) is 0 Å². The fourth-order valence-corrected chi connectivity index (χ4v) is 2.92. The summed E-state index contributed by atoms with van der Waals surface area (Å²) in [7, 11) is 1.97. The first kappa shape index (κ1) is 12.3. The Hall–Kier alpha value is -1.13. The zero-order valence-electron chi connectivity index (χ0n) is 10.6. The van der Waals surface area contributed by atoms with Crippen LogP contribution in [0.5, 0.6) is 0 Å².